The molecule has 0 saturated heterocycles. The molecule has 3 nitrogen and oxygen atoms in total. The molecule has 0 amide bonds. The van der Waals surface area contributed by atoms with Crippen LogP contribution in [-0.4, -0.2) is 11.5 Å². The van der Waals surface area contributed by atoms with E-state index in [1.807, 2.05) is 19.9 Å². The van der Waals surface area contributed by atoms with E-state index in [0.717, 1.165) is 34.9 Å². The molecule has 0 aliphatic heterocycles. The smallest absolute Gasteiger partial charge is 0.260 e. The van der Waals surface area contributed by atoms with Gasteiger partial charge in [0.1, 0.15) is 11.6 Å². The van der Waals surface area contributed by atoms with Crippen molar-refractivity contribution in [1.82, 2.24) is 10.3 Å². The van der Waals surface area contributed by atoms with Gasteiger partial charge in [0, 0.05) is 11.4 Å². The number of nitrogens with zero attached hydrogens (tertiary/aromatic N) is 1. The molecule has 0 bridgehead atoms. The van der Waals surface area contributed by atoms with Crippen LogP contribution in [0.15, 0.2) is 32.7 Å². The highest BCUT2D eigenvalue weighted by Gasteiger charge is 2.09. The number of aromatic nitrogens is 1. The molecule has 1 heterocycles. The van der Waals surface area contributed by atoms with Crippen molar-refractivity contribution in [3.8, 4) is 0 Å². The first-order chi connectivity index (χ1) is 9.58. The molecule has 0 saturated carbocycles. The summed E-state index contributed by atoms with van der Waals surface area (Å²) >= 11 is 1.34. The Kier molecular flexibility index (Phi) is 5.20. The lowest BCUT2D eigenvalue weighted by atomic mass is 10.2. The maximum Gasteiger partial charge on any atom is 0.260 e. The molecule has 2 aromatic rings. The van der Waals surface area contributed by atoms with E-state index >= 15 is 0 Å². The summed E-state index contributed by atoms with van der Waals surface area (Å²) in [7, 11) is 0. The molecule has 0 radical (unpaired) electrons. The Hall–Kier alpha value is -1.33. The minimum atomic E-state index is -0.233. The highest BCUT2D eigenvalue weighted by atomic mass is 32.2. The summed E-state index contributed by atoms with van der Waals surface area (Å²) in [6.07, 6.45) is 1.06. The Balaban J connectivity index is 2.10. The molecule has 20 heavy (non-hydrogen) atoms. The lowest BCUT2D eigenvalue weighted by Gasteiger charge is -2.06. The van der Waals surface area contributed by atoms with Crippen LogP contribution < -0.4 is 5.32 Å². The summed E-state index contributed by atoms with van der Waals surface area (Å²) in [4.78, 5) is 5.10. The number of benzene rings is 1. The summed E-state index contributed by atoms with van der Waals surface area (Å²) in [5.74, 6) is 0.567. The molecule has 0 aliphatic carbocycles. The summed E-state index contributed by atoms with van der Waals surface area (Å²) in [5, 5.41) is 3.82. The number of rotatable bonds is 6. The molecule has 1 aromatic heterocycles. The number of aryl methyl sites for hydroxylation is 2. The van der Waals surface area contributed by atoms with E-state index in [1.54, 1.807) is 6.07 Å². The first-order valence-corrected chi connectivity index (χ1v) is 7.52. The molecule has 0 atom stereocenters. The van der Waals surface area contributed by atoms with Gasteiger partial charge in [-0.3, -0.25) is 0 Å². The van der Waals surface area contributed by atoms with Crippen LogP contribution in [0, 0.1) is 19.7 Å². The van der Waals surface area contributed by atoms with Crippen molar-refractivity contribution in [3.63, 3.8) is 0 Å². The predicted octanol–water partition coefficient (Wildman–Crippen LogP) is 4.08. The van der Waals surface area contributed by atoms with E-state index in [2.05, 4.69) is 17.2 Å². The van der Waals surface area contributed by atoms with Crippen LogP contribution in [-0.2, 0) is 6.54 Å². The van der Waals surface area contributed by atoms with Gasteiger partial charge in [0.25, 0.3) is 5.22 Å². The third kappa shape index (κ3) is 4.08. The average molecular weight is 294 g/mol. The highest BCUT2D eigenvalue weighted by Crippen LogP contribution is 2.29. The molecule has 108 valence electrons. The van der Waals surface area contributed by atoms with Crippen molar-refractivity contribution in [2.24, 2.45) is 0 Å². The van der Waals surface area contributed by atoms with E-state index in [4.69, 9.17) is 4.42 Å². The summed E-state index contributed by atoms with van der Waals surface area (Å²) in [6, 6.07) is 5.02. The molecule has 0 unspecified atom stereocenters. The van der Waals surface area contributed by atoms with Crippen molar-refractivity contribution in [2.75, 3.05) is 6.54 Å². The number of halogens is 1. The third-order valence-corrected chi connectivity index (χ3v) is 3.72. The van der Waals surface area contributed by atoms with Gasteiger partial charge in [-0.2, -0.15) is 0 Å². The van der Waals surface area contributed by atoms with E-state index < -0.39 is 0 Å². The molecular weight excluding hydrogens is 275 g/mol. The van der Waals surface area contributed by atoms with E-state index in [1.165, 1.54) is 17.8 Å². The zero-order valence-corrected chi connectivity index (χ0v) is 12.8. The number of hydrogen-bond acceptors (Lipinski definition) is 4. The maximum atomic E-state index is 13.6. The first-order valence-electron chi connectivity index (χ1n) is 6.70. The predicted molar refractivity (Wildman–Crippen MR) is 78.5 cm³/mol. The molecule has 2 rings (SSSR count). The molecular formula is C15H19FN2OS. The van der Waals surface area contributed by atoms with Crippen LogP contribution in [0.2, 0.25) is 0 Å². The Morgan fingerprint density at radius 2 is 2.10 bits per heavy atom. The van der Waals surface area contributed by atoms with Gasteiger partial charge >= 0.3 is 0 Å². The topological polar surface area (TPSA) is 38.1 Å². The van der Waals surface area contributed by atoms with Gasteiger partial charge in [0.05, 0.1) is 5.69 Å². The van der Waals surface area contributed by atoms with Gasteiger partial charge in [-0.05, 0) is 62.3 Å². The zero-order chi connectivity index (χ0) is 14.5. The summed E-state index contributed by atoms with van der Waals surface area (Å²) < 4.78 is 19.1. The standard InChI is InChI=1S/C15H19FN2OS/c1-4-5-17-9-12-6-13(16)8-14(7-12)20-15-18-10(2)11(3)19-15/h6-8,17H,4-5,9H2,1-3H3. The minimum absolute atomic E-state index is 0.233. The van der Waals surface area contributed by atoms with E-state index in [0.29, 0.717) is 11.8 Å². The number of oxazole rings is 1. The van der Waals surface area contributed by atoms with Crippen molar-refractivity contribution in [1.29, 1.82) is 0 Å². The van der Waals surface area contributed by atoms with Crippen LogP contribution in [0.1, 0.15) is 30.4 Å². The fraction of sp³-hybridized carbons (Fsp3) is 0.400. The Bertz CT molecular complexity index is 564. The average Bonchev–Trinajstić information content (AvgIpc) is 2.68. The molecule has 5 heteroatoms. The van der Waals surface area contributed by atoms with Gasteiger partial charge < -0.3 is 9.73 Å². The molecule has 0 fully saturated rings. The van der Waals surface area contributed by atoms with Gasteiger partial charge in [-0.25, -0.2) is 9.37 Å². The zero-order valence-electron chi connectivity index (χ0n) is 12.0. The molecule has 1 aromatic carbocycles. The fourth-order valence-electron chi connectivity index (χ4n) is 1.78. The Morgan fingerprint density at radius 3 is 2.75 bits per heavy atom. The quantitative estimate of drug-likeness (QED) is 0.815. The molecule has 0 aliphatic rings. The van der Waals surface area contributed by atoms with Crippen molar-refractivity contribution >= 4 is 11.8 Å². The van der Waals surface area contributed by atoms with Gasteiger partial charge in [0.15, 0.2) is 0 Å². The number of hydrogen-bond donors (Lipinski definition) is 1. The maximum absolute atomic E-state index is 13.6. The lowest BCUT2D eigenvalue weighted by molar-refractivity contribution is 0.431. The highest BCUT2D eigenvalue weighted by molar-refractivity contribution is 7.99. The monoisotopic (exact) mass is 294 g/mol. The largest absolute Gasteiger partial charge is 0.436 e. The van der Waals surface area contributed by atoms with Crippen molar-refractivity contribution in [3.05, 3.63) is 41.0 Å². The fourth-order valence-corrected chi connectivity index (χ4v) is 2.71. The molecule has 0 spiro atoms. The van der Waals surface area contributed by atoms with Gasteiger partial charge in [0.2, 0.25) is 0 Å². The van der Waals surface area contributed by atoms with Crippen LogP contribution in [0.25, 0.3) is 0 Å². The van der Waals surface area contributed by atoms with Crippen LogP contribution in [0.5, 0.6) is 0 Å². The SMILES string of the molecule is CCCNCc1cc(F)cc(Sc2nc(C)c(C)o2)c1. The normalized spacial score (nSPS) is 11.0. The Morgan fingerprint density at radius 1 is 1.30 bits per heavy atom. The van der Waals surface area contributed by atoms with Crippen molar-refractivity contribution in [2.45, 2.75) is 43.9 Å². The van der Waals surface area contributed by atoms with Gasteiger partial charge in [-0.1, -0.05) is 6.92 Å². The third-order valence-electron chi connectivity index (χ3n) is 2.90. The van der Waals surface area contributed by atoms with Crippen LogP contribution >= 0.6 is 11.8 Å². The summed E-state index contributed by atoms with van der Waals surface area (Å²) in [5.41, 5.74) is 1.80. The second kappa shape index (κ2) is 6.90. The van der Waals surface area contributed by atoms with E-state index in [-0.39, 0.29) is 5.82 Å². The number of nitrogens with one attached hydrogen (secondary N) is 1. The lowest BCUT2D eigenvalue weighted by Crippen LogP contribution is -2.13. The second-order valence-electron chi connectivity index (χ2n) is 4.70. The van der Waals surface area contributed by atoms with Crippen molar-refractivity contribution < 1.29 is 8.81 Å². The van der Waals surface area contributed by atoms with E-state index in [9.17, 15) is 4.39 Å². The van der Waals surface area contributed by atoms with Crippen LogP contribution in [0.3, 0.4) is 0 Å². The Labute approximate surface area is 123 Å². The molecule has 1 N–H and O–H groups in total. The first kappa shape index (κ1) is 15.1. The second-order valence-corrected chi connectivity index (χ2v) is 5.72. The minimum Gasteiger partial charge on any atom is -0.436 e. The summed E-state index contributed by atoms with van der Waals surface area (Å²) in [6.45, 7) is 7.47. The van der Waals surface area contributed by atoms with Gasteiger partial charge in [-0.15, -0.1) is 0 Å². The van der Waals surface area contributed by atoms with Crippen LogP contribution in [0.4, 0.5) is 4.39 Å².